The summed E-state index contributed by atoms with van der Waals surface area (Å²) in [5.41, 5.74) is 3.03. The van der Waals surface area contributed by atoms with Crippen LogP contribution in [0.1, 0.15) is 12.5 Å². The van der Waals surface area contributed by atoms with Crippen LogP contribution in [0, 0.1) is 0 Å². The van der Waals surface area contributed by atoms with Gasteiger partial charge in [-0.3, -0.25) is 4.79 Å². The Morgan fingerprint density at radius 2 is 2.09 bits per heavy atom. The molecule has 2 aromatic carbocycles. The molecule has 0 spiro atoms. The van der Waals surface area contributed by atoms with Crippen LogP contribution in [-0.4, -0.2) is 25.6 Å². The first-order valence-electron chi connectivity index (χ1n) is 7.59. The van der Waals surface area contributed by atoms with Crippen molar-refractivity contribution in [3.05, 3.63) is 53.1 Å². The number of carbonyl (C=O) groups excluding carboxylic acids is 1. The minimum atomic E-state index is -0.342. The summed E-state index contributed by atoms with van der Waals surface area (Å²) in [6.45, 7) is 2.59. The Hall–Kier alpha value is -2.20. The number of methoxy groups -OCH3 is 1. The van der Waals surface area contributed by atoms with Gasteiger partial charge < -0.3 is 15.0 Å². The zero-order valence-electron chi connectivity index (χ0n) is 13.2. The molecule has 0 aromatic heterocycles. The van der Waals surface area contributed by atoms with E-state index in [4.69, 9.17) is 16.3 Å². The van der Waals surface area contributed by atoms with E-state index in [0.29, 0.717) is 10.8 Å². The van der Waals surface area contributed by atoms with Gasteiger partial charge in [0.25, 0.3) is 0 Å². The molecule has 1 aliphatic heterocycles. The van der Waals surface area contributed by atoms with Gasteiger partial charge in [-0.05, 0) is 43.2 Å². The van der Waals surface area contributed by atoms with Crippen molar-refractivity contribution in [3.8, 4) is 5.75 Å². The lowest BCUT2D eigenvalue weighted by molar-refractivity contribution is -0.118. The van der Waals surface area contributed by atoms with Gasteiger partial charge in [0.15, 0.2) is 0 Å². The summed E-state index contributed by atoms with van der Waals surface area (Å²) in [6, 6.07) is 13.1. The van der Waals surface area contributed by atoms with E-state index in [1.807, 2.05) is 36.1 Å². The van der Waals surface area contributed by atoms with Gasteiger partial charge in [0, 0.05) is 17.9 Å². The van der Waals surface area contributed by atoms with E-state index in [2.05, 4.69) is 11.4 Å². The molecule has 0 saturated carbocycles. The van der Waals surface area contributed by atoms with Crippen molar-refractivity contribution in [2.45, 2.75) is 19.4 Å². The second-order valence-corrected chi connectivity index (χ2v) is 5.99. The number of ether oxygens (including phenoxy) is 1. The number of hydrogen-bond donors (Lipinski definition) is 1. The Kier molecular flexibility index (Phi) is 4.44. The fourth-order valence-electron chi connectivity index (χ4n) is 2.87. The summed E-state index contributed by atoms with van der Waals surface area (Å²) in [5, 5.41) is 3.73. The zero-order chi connectivity index (χ0) is 16.4. The summed E-state index contributed by atoms with van der Waals surface area (Å²) in [7, 11) is 1.57. The molecule has 4 nitrogen and oxygen atoms in total. The van der Waals surface area contributed by atoms with Gasteiger partial charge in [0.1, 0.15) is 11.8 Å². The minimum absolute atomic E-state index is 0.0573. The normalized spacial score (nSPS) is 14.3. The van der Waals surface area contributed by atoms with Crippen molar-refractivity contribution < 1.29 is 9.53 Å². The van der Waals surface area contributed by atoms with Crippen LogP contribution in [0.4, 0.5) is 11.4 Å². The number of nitrogens with zero attached hydrogens (tertiary/aromatic N) is 1. The maximum atomic E-state index is 12.7. The highest BCUT2D eigenvalue weighted by atomic mass is 35.5. The Morgan fingerprint density at radius 1 is 1.30 bits per heavy atom. The van der Waals surface area contributed by atoms with Crippen LogP contribution in [0.2, 0.25) is 5.02 Å². The summed E-state index contributed by atoms with van der Waals surface area (Å²) in [6.07, 6.45) is 0.906. The SMILES string of the molecule is COc1ccc(N[C@@H](C)C(=O)N2CCc3ccccc32)cc1Cl. The predicted octanol–water partition coefficient (Wildman–Crippen LogP) is 3.74. The Morgan fingerprint density at radius 3 is 2.83 bits per heavy atom. The van der Waals surface area contributed by atoms with Crippen LogP contribution >= 0.6 is 11.6 Å². The van der Waals surface area contributed by atoms with Gasteiger partial charge in [-0.25, -0.2) is 0 Å². The molecule has 0 saturated heterocycles. The summed E-state index contributed by atoms with van der Waals surface area (Å²) >= 11 is 6.13. The highest BCUT2D eigenvalue weighted by Crippen LogP contribution is 2.30. The lowest BCUT2D eigenvalue weighted by atomic mass is 10.2. The third-order valence-electron chi connectivity index (χ3n) is 4.06. The summed E-state index contributed by atoms with van der Waals surface area (Å²) < 4.78 is 5.14. The monoisotopic (exact) mass is 330 g/mol. The molecule has 0 unspecified atom stereocenters. The number of benzene rings is 2. The Bertz CT molecular complexity index is 733. The molecule has 1 amide bonds. The minimum Gasteiger partial charge on any atom is -0.495 e. The van der Waals surface area contributed by atoms with E-state index in [-0.39, 0.29) is 11.9 Å². The fourth-order valence-corrected chi connectivity index (χ4v) is 3.13. The second kappa shape index (κ2) is 6.50. The largest absolute Gasteiger partial charge is 0.495 e. The van der Waals surface area contributed by atoms with E-state index in [1.54, 1.807) is 19.2 Å². The lowest BCUT2D eigenvalue weighted by Crippen LogP contribution is -2.40. The molecule has 1 N–H and O–H groups in total. The molecule has 3 rings (SSSR count). The maximum Gasteiger partial charge on any atom is 0.249 e. The molecule has 1 aliphatic rings. The number of halogens is 1. The smallest absolute Gasteiger partial charge is 0.249 e. The molecule has 5 heteroatoms. The topological polar surface area (TPSA) is 41.6 Å². The van der Waals surface area contributed by atoms with Crippen molar-refractivity contribution in [1.82, 2.24) is 0 Å². The second-order valence-electron chi connectivity index (χ2n) is 5.58. The molecule has 120 valence electrons. The molecule has 0 fully saturated rings. The molecule has 23 heavy (non-hydrogen) atoms. The van der Waals surface area contributed by atoms with Crippen LogP contribution in [0.5, 0.6) is 5.75 Å². The molecule has 2 aromatic rings. The first-order chi connectivity index (χ1) is 11.1. The van der Waals surface area contributed by atoms with Gasteiger partial charge in [0.2, 0.25) is 5.91 Å². The molecule has 1 atom stereocenters. The maximum absolute atomic E-state index is 12.7. The van der Waals surface area contributed by atoms with Gasteiger partial charge in [-0.1, -0.05) is 29.8 Å². The zero-order valence-corrected chi connectivity index (χ0v) is 13.9. The van der Waals surface area contributed by atoms with Crippen molar-refractivity contribution in [2.75, 3.05) is 23.9 Å². The average Bonchev–Trinajstić information content (AvgIpc) is 2.98. The molecule has 0 bridgehead atoms. The highest BCUT2D eigenvalue weighted by Gasteiger charge is 2.27. The van der Waals surface area contributed by atoms with E-state index in [0.717, 1.165) is 24.3 Å². The summed E-state index contributed by atoms with van der Waals surface area (Å²) in [4.78, 5) is 14.6. The number of hydrogen-bond acceptors (Lipinski definition) is 3. The number of amides is 1. The van der Waals surface area contributed by atoms with Gasteiger partial charge in [-0.2, -0.15) is 0 Å². The molecule has 1 heterocycles. The van der Waals surface area contributed by atoms with Crippen molar-refractivity contribution in [1.29, 1.82) is 0 Å². The molecular formula is C18H19ClN2O2. The van der Waals surface area contributed by atoms with Crippen molar-refractivity contribution in [3.63, 3.8) is 0 Å². The number of para-hydroxylation sites is 1. The van der Waals surface area contributed by atoms with Crippen LogP contribution in [-0.2, 0) is 11.2 Å². The van der Waals surface area contributed by atoms with Crippen LogP contribution in [0.3, 0.4) is 0 Å². The van der Waals surface area contributed by atoms with Gasteiger partial charge in [-0.15, -0.1) is 0 Å². The van der Waals surface area contributed by atoms with E-state index >= 15 is 0 Å². The fraction of sp³-hybridized carbons (Fsp3) is 0.278. The number of nitrogens with one attached hydrogen (secondary N) is 1. The number of fused-ring (bicyclic) bond motifs is 1. The van der Waals surface area contributed by atoms with Crippen molar-refractivity contribution in [2.24, 2.45) is 0 Å². The Balaban J connectivity index is 1.72. The van der Waals surface area contributed by atoms with E-state index < -0.39 is 0 Å². The van der Waals surface area contributed by atoms with Crippen molar-refractivity contribution >= 4 is 28.9 Å². The van der Waals surface area contributed by atoms with E-state index in [1.165, 1.54) is 5.56 Å². The van der Waals surface area contributed by atoms with Crippen LogP contribution in [0.15, 0.2) is 42.5 Å². The van der Waals surface area contributed by atoms with Crippen LogP contribution in [0.25, 0.3) is 0 Å². The third-order valence-corrected chi connectivity index (χ3v) is 4.35. The average molecular weight is 331 g/mol. The van der Waals surface area contributed by atoms with Gasteiger partial charge >= 0.3 is 0 Å². The lowest BCUT2D eigenvalue weighted by Gasteiger charge is -2.23. The molecular weight excluding hydrogens is 312 g/mol. The molecule has 0 aliphatic carbocycles. The summed E-state index contributed by atoms with van der Waals surface area (Å²) in [5.74, 6) is 0.673. The number of carbonyl (C=O) groups is 1. The first kappa shape index (κ1) is 15.7. The number of anilines is 2. The predicted molar refractivity (Wildman–Crippen MR) is 93.6 cm³/mol. The Labute approximate surface area is 141 Å². The highest BCUT2D eigenvalue weighted by molar-refractivity contribution is 6.32. The quantitative estimate of drug-likeness (QED) is 0.928. The van der Waals surface area contributed by atoms with E-state index in [9.17, 15) is 4.79 Å². The van der Waals surface area contributed by atoms with Crippen LogP contribution < -0.4 is 15.0 Å². The third kappa shape index (κ3) is 3.13. The first-order valence-corrected chi connectivity index (χ1v) is 7.97. The number of rotatable bonds is 4. The standard InChI is InChI=1S/C18H19ClN2O2/c1-12(20-14-7-8-17(23-2)15(19)11-14)18(22)21-10-9-13-5-3-4-6-16(13)21/h3-8,11-12,20H,9-10H2,1-2H3/t12-/m0/s1. The molecule has 0 radical (unpaired) electrons. The van der Waals surface area contributed by atoms with Gasteiger partial charge in [0.05, 0.1) is 12.1 Å².